The lowest BCUT2D eigenvalue weighted by atomic mass is 9.80. The highest BCUT2D eigenvalue weighted by atomic mass is 16.3. The minimum Gasteiger partial charge on any atom is -0.380 e. The molecular weight excluding hydrogens is 172 g/mol. The lowest BCUT2D eigenvalue weighted by molar-refractivity contribution is 0.189. The first-order valence-corrected chi connectivity index (χ1v) is 5.05. The number of hydrogen-bond donors (Lipinski definition) is 1. The second kappa shape index (κ2) is 3.86. The highest BCUT2D eigenvalue weighted by Crippen LogP contribution is 2.33. The number of aliphatic hydroxyl groups excluding tert-OH is 1. The molecule has 0 bridgehead atoms. The van der Waals surface area contributed by atoms with Gasteiger partial charge in [0.2, 0.25) is 0 Å². The molecule has 0 fully saturated rings. The van der Waals surface area contributed by atoms with Gasteiger partial charge >= 0.3 is 0 Å². The third-order valence-electron chi connectivity index (χ3n) is 2.97. The van der Waals surface area contributed by atoms with Crippen LogP contribution in [0.1, 0.15) is 29.9 Å². The van der Waals surface area contributed by atoms with E-state index in [2.05, 4.69) is 18.1 Å². The summed E-state index contributed by atoms with van der Waals surface area (Å²) in [5.41, 5.74) is 2.59. The number of rotatable bonds is 1. The third-order valence-corrected chi connectivity index (χ3v) is 2.97. The molecule has 0 aromatic heterocycles. The SMILES string of the molecule is C#CC(O)C1CCCc2ccccc21. The zero-order valence-electron chi connectivity index (χ0n) is 8.11. The summed E-state index contributed by atoms with van der Waals surface area (Å²) in [6.07, 6.45) is 7.87. The molecule has 14 heavy (non-hydrogen) atoms. The summed E-state index contributed by atoms with van der Waals surface area (Å²) in [5.74, 6) is 2.57. The van der Waals surface area contributed by atoms with E-state index in [-0.39, 0.29) is 5.92 Å². The summed E-state index contributed by atoms with van der Waals surface area (Å²) in [6.45, 7) is 0. The maximum absolute atomic E-state index is 9.69. The van der Waals surface area contributed by atoms with E-state index in [1.807, 2.05) is 12.1 Å². The molecule has 2 unspecified atom stereocenters. The number of fused-ring (bicyclic) bond motifs is 1. The van der Waals surface area contributed by atoms with Gasteiger partial charge in [0.25, 0.3) is 0 Å². The molecule has 1 aromatic rings. The molecule has 0 amide bonds. The lowest BCUT2D eigenvalue weighted by Crippen LogP contribution is -2.21. The molecule has 72 valence electrons. The maximum Gasteiger partial charge on any atom is 0.121 e. The Morgan fingerprint density at radius 2 is 2.21 bits per heavy atom. The Morgan fingerprint density at radius 3 is 3.00 bits per heavy atom. The van der Waals surface area contributed by atoms with E-state index in [0.717, 1.165) is 19.3 Å². The van der Waals surface area contributed by atoms with Crippen LogP contribution in [0.3, 0.4) is 0 Å². The van der Waals surface area contributed by atoms with Crippen molar-refractivity contribution in [2.24, 2.45) is 0 Å². The molecule has 1 aliphatic carbocycles. The fraction of sp³-hybridized carbons (Fsp3) is 0.385. The Labute approximate surface area is 84.8 Å². The van der Waals surface area contributed by atoms with Crippen molar-refractivity contribution >= 4 is 0 Å². The topological polar surface area (TPSA) is 20.2 Å². The van der Waals surface area contributed by atoms with Gasteiger partial charge in [0, 0.05) is 5.92 Å². The van der Waals surface area contributed by atoms with Crippen molar-refractivity contribution in [3.63, 3.8) is 0 Å². The average molecular weight is 186 g/mol. The highest BCUT2D eigenvalue weighted by molar-refractivity contribution is 5.34. The highest BCUT2D eigenvalue weighted by Gasteiger charge is 2.24. The van der Waals surface area contributed by atoms with Gasteiger partial charge < -0.3 is 5.11 Å². The number of terminal acetylenes is 1. The molecule has 0 spiro atoms. The summed E-state index contributed by atoms with van der Waals surface area (Å²) >= 11 is 0. The van der Waals surface area contributed by atoms with E-state index < -0.39 is 6.10 Å². The summed E-state index contributed by atoms with van der Waals surface area (Å²) in [6, 6.07) is 8.27. The van der Waals surface area contributed by atoms with Gasteiger partial charge in [-0.3, -0.25) is 0 Å². The van der Waals surface area contributed by atoms with Gasteiger partial charge in [0.1, 0.15) is 6.10 Å². The molecule has 1 aromatic carbocycles. The Hall–Kier alpha value is -1.26. The smallest absolute Gasteiger partial charge is 0.121 e. The molecular formula is C13H14O. The summed E-state index contributed by atoms with van der Waals surface area (Å²) in [4.78, 5) is 0. The molecule has 1 nitrogen and oxygen atoms in total. The molecule has 0 aliphatic heterocycles. The normalized spacial score (nSPS) is 22.1. The molecule has 0 saturated carbocycles. The van der Waals surface area contributed by atoms with Gasteiger partial charge in [-0.15, -0.1) is 6.42 Å². The molecule has 0 saturated heterocycles. The first kappa shape index (κ1) is 9.30. The number of hydrogen-bond acceptors (Lipinski definition) is 1. The Bertz CT molecular complexity index is 362. The van der Waals surface area contributed by atoms with E-state index in [4.69, 9.17) is 6.42 Å². The summed E-state index contributed by atoms with van der Waals surface area (Å²) in [7, 11) is 0. The summed E-state index contributed by atoms with van der Waals surface area (Å²) < 4.78 is 0. The molecule has 1 aliphatic rings. The van der Waals surface area contributed by atoms with Gasteiger partial charge in [-0.2, -0.15) is 0 Å². The van der Waals surface area contributed by atoms with Crippen molar-refractivity contribution in [1.82, 2.24) is 0 Å². The minimum atomic E-state index is -0.628. The van der Waals surface area contributed by atoms with Gasteiger partial charge in [-0.05, 0) is 30.4 Å². The van der Waals surface area contributed by atoms with Crippen LogP contribution in [-0.2, 0) is 6.42 Å². The van der Waals surface area contributed by atoms with Crippen LogP contribution >= 0.6 is 0 Å². The van der Waals surface area contributed by atoms with Crippen LogP contribution < -0.4 is 0 Å². The zero-order chi connectivity index (χ0) is 9.97. The van der Waals surface area contributed by atoms with Gasteiger partial charge in [0.05, 0.1) is 0 Å². The first-order chi connectivity index (χ1) is 6.83. The molecule has 2 rings (SSSR count). The fourth-order valence-corrected chi connectivity index (χ4v) is 2.24. The van der Waals surface area contributed by atoms with Crippen molar-refractivity contribution in [3.8, 4) is 12.3 Å². The van der Waals surface area contributed by atoms with Gasteiger partial charge in [-0.1, -0.05) is 30.2 Å². The van der Waals surface area contributed by atoms with Crippen LogP contribution in [0.5, 0.6) is 0 Å². The van der Waals surface area contributed by atoms with Crippen molar-refractivity contribution in [1.29, 1.82) is 0 Å². The second-order valence-corrected chi connectivity index (χ2v) is 3.81. The van der Waals surface area contributed by atoms with Crippen LogP contribution in [0.25, 0.3) is 0 Å². The second-order valence-electron chi connectivity index (χ2n) is 3.81. The summed E-state index contributed by atoms with van der Waals surface area (Å²) in [5, 5.41) is 9.69. The van der Waals surface area contributed by atoms with E-state index in [0.29, 0.717) is 0 Å². The van der Waals surface area contributed by atoms with Crippen LogP contribution in [0.4, 0.5) is 0 Å². The molecule has 0 radical (unpaired) electrons. The van der Waals surface area contributed by atoms with Crippen LogP contribution in [0.2, 0.25) is 0 Å². The van der Waals surface area contributed by atoms with Crippen molar-refractivity contribution < 1.29 is 5.11 Å². The van der Waals surface area contributed by atoms with Gasteiger partial charge in [-0.25, -0.2) is 0 Å². The average Bonchev–Trinajstić information content (AvgIpc) is 2.27. The Morgan fingerprint density at radius 1 is 1.43 bits per heavy atom. The molecule has 2 atom stereocenters. The first-order valence-electron chi connectivity index (χ1n) is 5.05. The van der Waals surface area contributed by atoms with E-state index in [9.17, 15) is 5.11 Å². The lowest BCUT2D eigenvalue weighted by Gasteiger charge is -2.26. The van der Waals surface area contributed by atoms with E-state index in [1.165, 1.54) is 11.1 Å². The Kier molecular flexibility index (Phi) is 2.56. The van der Waals surface area contributed by atoms with E-state index >= 15 is 0 Å². The number of aliphatic hydroxyl groups is 1. The quantitative estimate of drug-likeness (QED) is 0.666. The molecule has 1 N–H and O–H groups in total. The van der Waals surface area contributed by atoms with Crippen LogP contribution in [0.15, 0.2) is 24.3 Å². The maximum atomic E-state index is 9.69. The van der Waals surface area contributed by atoms with E-state index in [1.54, 1.807) is 0 Å². The van der Waals surface area contributed by atoms with Gasteiger partial charge in [0.15, 0.2) is 0 Å². The fourth-order valence-electron chi connectivity index (χ4n) is 2.24. The van der Waals surface area contributed by atoms with Crippen molar-refractivity contribution in [2.45, 2.75) is 31.3 Å². The Balaban J connectivity index is 2.36. The standard InChI is InChI=1S/C13H14O/c1-2-13(14)12-9-5-7-10-6-3-4-8-11(10)12/h1,3-4,6,8,12-14H,5,7,9H2. The third kappa shape index (κ3) is 1.54. The van der Waals surface area contributed by atoms with Crippen LogP contribution in [-0.4, -0.2) is 11.2 Å². The number of benzene rings is 1. The predicted molar refractivity (Wildman–Crippen MR) is 57.0 cm³/mol. The minimum absolute atomic E-state index is 0.143. The molecule has 1 heteroatoms. The van der Waals surface area contributed by atoms with Crippen LogP contribution in [0, 0.1) is 12.3 Å². The zero-order valence-corrected chi connectivity index (χ0v) is 8.11. The number of aryl methyl sites for hydroxylation is 1. The molecule has 0 heterocycles. The van der Waals surface area contributed by atoms with Crippen molar-refractivity contribution in [3.05, 3.63) is 35.4 Å². The largest absolute Gasteiger partial charge is 0.380 e. The predicted octanol–water partition coefficient (Wildman–Crippen LogP) is 2.10. The monoisotopic (exact) mass is 186 g/mol. The van der Waals surface area contributed by atoms with Crippen molar-refractivity contribution in [2.75, 3.05) is 0 Å².